The molecule has 2 aliphatic carbocycles. The number of ether oxygens (including phenoxy) is 8. The molecule has 0 spiro atoms. The van der Waals surface area contributed by atoms with Gasteiger partial charge in [0.1, 0.15) is 30.0 Å². The molecule has 0 aromatic heterocycles. The molecule has 5 rings (SSSR count). The van der Waals surface area contributed by atoms with Crippen LogP contribution in [0.5, 0.6) is 0 Å². The Kier molecular flexibility index (Phi) is 15.3. The number of hydrogen-bond donors (Lipinski definition) is 3. The normalized spacial score (nSPS) is 31.7. The van der Waals surface area contributed by atoms with E-state index in [0.29, 0.717) is 5.57 Å². The third-order valence-corrected chi connectivity index (χ3v) is 12.5. The number of rotatable bonds is 13. The number of fused-ring (bicyclic) bond motifs is 5. The number of amides is 1. The van der Waals surface area contributed by atoms with Gasteiger partial charge >= 0.3 is 30.0 Å². The Balaban J connectivity index is 1.77. The smallest absolute Gasteiger partial charge is 0.407 e. The Morgan fingerprint density at radius 1 is 0.984 bits per heavy atom. The molecule has 12 atom stereocenters. The first-order valence-electron chi connectivity index (χ1n) is 21.9. The van der Waals surface area contributed by atoms with Crippen LogP contribution in [0.1, 0.15) is 119 Å². The molecule has 350 valence electrons. The van der Waals surface area contributed by atoms with Crippen LogP contribution in [0, 0.1) is 17.3 Å². The van der Waals surface area contributed by atoms with E-state index in [1.807, 2.05) is 20.8 Å². The molecule has 63 heavy (non-hydrogen) atoms. The lowest BCUT2D eigenvalue weighted by atomic mass is 9.55. The van der Waals surface area contributed by atoms with Gasteiger partial charge in [-0.1, -0.05) is 45.5 Å². The van der Waals surface area contributed by atoms with E-state index in [0.717, 1.165) is 0 Å². The van der Waals surface area contributed by atoms with Crippen molar-refractivity contribution in [2.24, 2.45) is 17.3 Å². The molecule has 4 aliphatic rings. The van der Waals surface area contributed by atoms with Gasteiger partial charge in [-0.25, -0.2) is 14.4 Å². The third-order valence-electron chi connectivity index (χ3n) is 12.5. The number of nitrogens with one attached hydrogen (secondary N) is 1. The molecule has 16 heteroatoms. The average molecular weight is 886 g/mol. The molecule has 2 bridgehead atoms. The first-order valence-corrected chi connectivity index (χ1v) is 21.9. The van der Waals surface area contributed by atoms with Gasteiger partial charge in [0.25, 0.3) is 0 Å². The average Bonchev–Trinajstić information content (AvgIpc) is 3.46. The van der Waals surface area contributed by atoms with Crippen molar-refractivity contribution in [3.8, 4) is 0 Å². The molecule has 3 N–H and O–H groups in total. The zero-order valence-electron chi connectivity index (χ0n) is 38.5. The number of carbonyl (C=O) groups is 5. The molecule has 3 fully saturated rings. The molecule has 2 heterocycles. The Labute approximate surface area is 370 Å². The van der Waals surface area contributed by atoms with Crippen LogP contribution < -0.4 is 5.32 Å². The van der Waals surface area contributed by atoms with Crippen molar-refractivity contribution >= 4 is 30.0 Å². The van der Waals surface area contributed by atoms with Gasteiger partial charge in [-0.15, -0.1) is 0 Å². The van der Waals surface area contributed by atoms with E-state index in [-0.39, 0.29) is 55.8 Å². The molecule has 2 saturated heterocycles. The molecule has 0 radical (unpaired) electrons. The van der Waals surface area contributed by atoms with Crippen molar-refractivity contribution in [2.75, 3.05) is 6.61 Å². The molecule has 1 amide bonds. The SMILES string of the molecule is C=CC1O[C@@H]2C[C@H]([C@H](OC(=O)c3ccccc3)[C@]3(C(C)(C)O)C[C@H](OC(=O)C(O)[C@H](CC(C)C)NC(=O)OC(C)(C)C)C(C)=C3[C@H](OC(C)=O)[C@@H](CC)O1)[C@]1(OC(C)=O)CO[C@@H]1C2. The Morgan fingerprint density at radius 3 is 2.17 bits per heavy atom. The summed E-state index contributed by atoms with van der Waals surface area (Å²) in [6, 6.07) is 7.11. The van der Waals surface area contributed by atoms with Crippen molar-refractivity contribution in [1.29, 1.82) is 0 Å². The third kappa shape index (κ3) is 10.6. The van der Waals surface area contributed by atoms with E-state index in [4.69, 9.17) is 37.9 Å². The number of hydrogen-bond acceptors (Lipinski definition) is 15. The number of esters is 4. The molecule has 1 aromatic carbocycles. The summed E-state index contributed by atoms with van der Waals surface area (Å²) in [6.07, 6.45) is -8.21. The molecule has 2 aliphatic heterocycles. The minimum Gasteiger partial charge on any atom is -0.457 e. The molecule has 1 saturated carbocycles. The highest BCUT2D eigenvalue weighted by molar-refractivity contribution is 5.89. The predicted molar refractivity (Wildman–Crippen MR) is 227 cm³/mol. The summed E-state index contributed by atoms with van der Waals surface area (Å²) in [4.78, 5) is 68.1. The fraction of sp³-hybridized carbons (Fsp3) is 0.681. The standard InChI is InChI=1S/C47H67NO15/c1-13-33-39(57-27(6)49)37-26(5)34(60-42(53)38(51)32(20-25(3)4)48-43(54)63-44(8,9)10)23-46(37,45(11,12)55)40(61-41(52)29-18-16-15-17-19-29)31-21-30(58-36(14-2)59-33)22-35-47(31,24-56-35)62-28(7)50/h14-19,25,30-36,38-40,51,55H,2,13,20-24H2,1,3-12H3,(H,48,54)/t30-,31-,32+,33-,34+,35-,36?,38?,39-,40+,46+,47-/m1/s1. The number of benzene rings is 1. The van der Waals surface area contributed by atoms with Gasteiger partial charge in [0, 0.05) is 32.6 Å². The summed E-state index contributed by atoms with van der Waals surface area (Å²) in [5.74, 6) is -4.25. The summed E-state index contributed by atoms with van der Waals surface area (Å²) in [5.41, 5.74) is -5.27. The van der Waals surface area contributed by atoms with Crippen LogP contribution in [0.3, 0.4) is 0 Å². The van der Waals surface area contributed by atoms with Crippen molar-refractivity contribution < 1.29 is 72.1 Å². The maximum atomic E-state index is 14.6. The van der Waals surface area contributed by atoms with Crippen LogP contribution in [0.4, 0.5) is 4.79 Å². The Bertz CT molecular complexity index is 1880. The van der Waals surface area contributed by atoms with Crippen molar-refractivity contribution in [3.05, 3.63) is 59.7 Å². The van der Waals surface area contributed by atoms with E-state index < -0.39 is 113 Å². The van der Waals surface area contributed by atoms with Gasteiger partial charge in [0.2, 0.25) is 0 Å². The van der Waals surface area contributed by atoms with E-state index in [2.05, 4.69) is 11.9 Å². The molecular formula is C47H67NO15. The number of carbonyl (C=O) groups excluding carboxylic acids is 5. The van der Waals surface area contributed by atoms with E-state index in [1.165, 1.54) is 33.8 Å². The minimum absolute atomic E-state index is 0.0766. The summed E-state index contributed by atoms with van der Waals surface area (Å²) >= 11 is 0. The van der Waals surface area contributed by atoms with Gasteiger partial charge in [0.05, 0.1) is 35.3 Å². The van der Waals surface area contributed by atoms with Crippen LogP contribution in [0.25, 0.3) is 0 Å². The van der Waals surface area contributed by atoms with E-state index in [9.17, 15) is 34.2 Å². The highest BCUT2D eigenvalue weighted by atomic mass is 16.7. The quantitative estimate of drug-likeness (QED) is 0.124. The monoisotopic (exact) mass is 885 g/mol. The lowest BCUT2D eigenvalue weighted by Gasteiger charge is -2.61. The number of aliphatic hydroxyl groups excluding tert-OH is 1. The topological polar surface area (TPSA) is 212 Å². The highest BCUT2D eigenvalue weighted by Gasteiger charge is 2.71. The summed E-state index contributed by atoms with van der Waals surface area (Å²) in [7, 11) is 0. The second-order valence-corrected chi connectivity index (χ2v) is 19.2. The number of alkyl carbamates (subject to hydrolysis) is 1. The van der Waals surface area contributed by atoms with Crippen LogP contribution in [0.2, 0.25) is 0 Å². The lowest BCUT2D eigenvalue weighted by Crippen LogP contribution is -2.73. The van der Waals surface area contributed by atoms with Gasteiger partial charge in [-0.2, -0.15) is 0 Å². The van der Waals surface area contributed by atoms with E-state index in [1.54, 1.807) is 58.0 Å². The minimum atomic E-state index is -1.92. The van der Waals surface area contributed by atoms with Crippen LogP contribution >= 0.6 is 0 Å². The first-order chi connectivity index (χ1) is 29.4. The first kappa shape index (κ1) is 49.7. The maximum absolute atomic E-state index is 14.6. The van der Waals surface area contributed by atoms with Crippen molar-refractivity contribution in [3.63, 3.8) is 0 Å². The Morgan fingerprint density at radius 2 is 1.65 bits per heavy atom. The molecule has 16 nitrogen and oxygen atoms in total. The fourth-order valence-corrected chi connectivity index (χ4v) is 9.89. The second kappa shape index (κ2) is 19.4. The predicted octanol–water partition coefficient (Wildman–Crippen LogP) is 5.65. The molecule has 2 unspecified atom stereocenters. The Hall–Kier alpha value is -4.35. The zero-order valence-corrected chi connectivity index (χ0v) is 38.5. The highest BCUT2D eigenvalue weighted by Crippen LogP contribution is 2.62. The maximum Gasteiger partial charge on any atom is 0.407 e. The lowest BCUT2D eigenvalue weighted by molar-refractivity contribution is -0.322. The molecule has 1 aromatic rings. The van der Waals surface area contributed by atoms with Crippen molar-refractivity contribution in [1.82, 2.24) is 5.32 Å². The largest absolute Gasteiger partial charge is 0.457 e. The van der Waals surface area contributed by atoms with E-state index >= 15 is 0 Å². The fourth-order valence-electron chi connectivity index (χ4n) is 9.89. The van der Waals surface area contributed by atoms with Gasteiger partial charge in [-0.05, 0) is 96.1 Å². The molecular weight excluding hydrogens is 819 g/mol. The zero-order chi connectivity index (χ0) is 46.8. The summed E-state index contributed by atoms with van der Waals surface area (Å²) in [6.45, 7) is 21.7. The van der Waals surface area contributed by atoms with Gasteiger partial charge in [0.15, 0.2) is 24.1 Å². The van der Waals surface area contributed by atoms with Crippen LogP contribution in [-0.2, 0) is 52.3 Å². The van der Waals surface area contributed by atoms with Gasteiger partial charge in [-0.3, -0.25) is 9.59 Å². The van der Waals surface area contributed by atoms with Crippen LogP contribution in [-0.4, -0.2) is 119 Å². The summed E-state index contributed by atoms with van der Waals surface area (Å²) in [5, 5.41) is 27.2. The van der Waals surface area contributed by atoms with Gasteiger partial charge < -0.3 is 53.4 Å². The number of aliphatic hydroxyl groups is 2. The second-order valence-electron chi connectivity index (χ2n) is 19.2. The summed E-state index contributed by atoms with van der Waals surface area (Å²) < 4.78 is 50.1. The van der Waals surface area contributed by atoms with Crippen LogP contribution in [0.15, 0.2) is 54.1 Å². The van der Waals surface area contributed by atoms with Crippen molar-refractivity contribution in [2.45, 2.75) is 180 Å².